The van der Waals surface area contributed by atoms with Gasteiger partial charge < -0.3 is 10.1 Å². The molecule has 27 heavy (non-hydrogen) atoms. The van der Waals surface area contributed by atoms with Crippen LogP contribution in [0.2, 0.25) is 0 Å². The Morgan fingerprint density at radius 2 is 1.89 bits per heavy atom. The van der Waals surface area contributed by atoms with Crippen LogP contribution in [0, 0.1) is 10.1 Å². The first-order valence-corrected chi connectivity index (χ1v) is 8.86. The zero-order valence-corrected chi connectivity index (χ0v) is 15.2. The Labute approximate surface area is 157 Å². The van der Waals surface area contributed by atoms with Crippen LogP contribution >= 0.6 is 0 Å². The largest absolute Gasteiger partial charge is 0.380 e. The molecule has 0 aliphatic carbocycles. The van der Waals surface area contributed by atoms with Crippen LogP contribution in [0.1, 0.15) is 12.5 Å². The van der Waals surface area contributed by atoms with Gasteiger partial charge in [0.25, 0.3) is 5.69 Å². The van der Waals surface area contributed by atoms with E-state index in [1.165, 1.54) is 12.1 Å². The van der Waals surface area contributed by atoms with E-state index in [1.54, 1.807) is 12.1 Å². The summed E-state index contributed by atoms with van der Waals surface area (Å²) in [5.74, 6) is 0. The number of rotatable bonds is 9. The lowest BCUT2D eigenvalue weighted by Gasteiger charge is -2.05. The van der Waals surface area contributed by atoms with E-state index in [1.807, 2.05) is 48.1 Å². The average molecular weight is 366 g/mol. The third-order valence-electron chi connectivity index (χ3n) is 4.11. The van der Waals surface area contributed by atoms with E-state index in [9.17, 15) is 10.1 Å². The van der Waals surface area contributed by atoms with Gasteiger partial charge in [-0.05, 0) is 31.2 Å². The van der Waals surface area contributed by atoms with Gasteiger partial charge in [-0.2, -0.15) is 5.10 Å². The van der Waals surface area contributed by atoms with E-state index < -0.39 is 4.92 Å². The molecule has 3 rings (SSSR count). The second-order valence-electron chi connectivity index (χ2n) is 5.96. The first-order chi connectivity index (χ1) is 13.2. The summed E-state index contributed by atoms with van der Waals surface area (Å²) in [6.45, 7) is 4.69. The van der Waals surface area contributed by atoms with Crippen LogP contribution in [0.15, 0.2) is 60.8 Å². The molecule has 0 atom stereocenters. The lowest BCUT2D eigenvalue weighted by Crippen LogP contribution is -2.19. The fourth-order valence-electron chi connectivity index (χ4n) is 2.75. The summed E-state index contributed by atoms with van der Waals surface area (Å²) in [7, 11) is 0. The van der Waals surface area contributed by atoms with E-state index in [0.29, 0.717) is 19.8 Å². The number of hydrogen-bond acceptors (Lipinski definition) is 5. The van der Waals surface area contributed by atoms with E-state index in [-0.39, 0.29) is 5.69 Å². The molecule has 3 aromatic rings. The minimum Gasteiger partial charge on any atom is -0.380 e. The maximum absolute atomic E-state index is 10.9. The van der Waals surface area contributed by atoms with Gasteiger partial charge in [0.2, 0.25) is 0 Å². The Kier molecular flexibility index (Phi) is 6.30. The third kappa shape index (κ3) is 4.78. The Morgan fingerprint density at radius 3 is 2.56 bits per heavy atom. The monoisotopic (exact) mass is 366 g/mol. The summed E-state index contributed by atoms with van der Waals surface area (Å²) in [6, 6.07) is 16.3. The van der Waals surface area contributed by atoms with Crippen molar-refractivity contribution in [2.75, 3.05) is 19.8 Å². The molecule has 0 spiro atoms. The fraction of sp³-hybridized carbons (Fsp3) is 0.250. The second-order valence-corrected chi connectivity index (χ2v) is 5.96. The van der Waals surface area contributed by atoms with E-state index in [2.05, 4.69) is 5.32 Å². The molecule has 1 aromatic heterocycles. The molecule has 0 fully saturated rings. The van der Waals surface area contributed by atoms with Crippen LogP contribution in [0.3, 0.4) is 0 Å². The zero-order chi connectivity index (χ0) is 19.1. The normalized spacial score (nSPS) is 10.9. The highest BCUT2D eigenvalue weighted by Crippen LogP contribution is 2.25. The molecule has 0 aliphatic rings. The quantitative estimate of drug-likeness (QED) is 0.356. The van der Waals surface area contributed by atoms with Gasteiger partial charge in [-0.25, -0.2) is 4.68 Å². The lowest BCUT2D eigenvalue weighted by atomic mass is 10.1. The third-order valence-corrected chi connectivity index (χ3v) is 4.11. The molecule has 0 bridgehead atoms. The number of benzene rings is 2. The summed E-state index contributed by atoms with van der Waals surface area (Å²) in [6.07, 6.45) is 1.99. The van der Waals surface area contributed by atoms with Gasteiger partial charge >= 0.3 is 0 Å². The first kappa shape index (κ1) is 18.8. The number of hydrogen-bond donors (Lipinski definition) is 1. The van der Waals surface area contributed by atoms with E-state index >= 15 is 0 Å². The van der Waals surface area contributed by atoms with Crippen molar-refractivity contribution in [1.82, 2.24) is 15.1 Å². The molecule has 0 aliphatic heterocycles. The van der Waals surface area contributed by atoms with Crippen LogP contribution < -0.4 is 5.32 Å². The van der Waals surface area contributed by atoms with Gasteiger partial charge in [-0.15, -0.1) is 0 Å². The summed E-state index contributed by atoms with van der Waals surface area (Å²) < 4.78 is 7.18. The van der Waals surface area contributed by atoms with Gasteiger partial charge in [0.15, 0.2) is 0 Å². The number of para-hydroxylation sites is 1. The standard InChI is InChI=1S/C20H22N4O3/c1-2-27-13-12-21-14-17-15-23(18-6-4-3-5-7-18)22-20(17)16-8-10-19(11-9-16)24(25)26/h3-11,15,21H,2,12-14H2,1H3. The molecule has 0 radical (unpaired) electrons. The molecule has 0 unspecified atom stereocenters. The van der Waals surface area contributed by atoms with Gasteiger partial charge in [0.05, 0.1) is 22.9 Å². The predicted molar refractivity (Wildman–Crippen MR) is 104 cm³/mol. The number of nitrogens with one attached hydrogen (secondary N) is 1. The fourth-order valence-corrected chi connectivity index (χ4v) is 2.75. The summed E-state index contributed by atoms with van der Waals surface area (Å²) in [4.78, 5) is 10.5. The molecule has 7 heteroatoms. The highest BCUT2D eigenvalue weighted by Gasteiger charge is 2.13. The van der Waals surface area contributed by atoms with Crippen molar-refractivity contribution in [2.45, 2.75) is 13.5 Å². The summed E-state index contributed by atoms with van der Waals surface area (Å²) in [5, 5.41) is 19.0. The van der Waals surface area contributed by atoms with Crippen molar-refractivity contribution in [3.63, 3.8) is 0 Å². The van der Waals surface area contributed by atoms with Crippen molar-refractivity contribution in [3.05, 3.63) is 76.5 Å². The second kappa shape index (κ2) is 9.07. The smallest absolute Gasteiger partial charge is 0.269 e. The molecule has 0 saturated carbocycles. The predicted octanol–water partition coefficient (Wildman–Crippen LogP) is 3.57. The SMILES string of the molecule is CCOCCNCc1cn(-c2ccccc2)nc1-c1ccc([N+](=O)[O-])cc1. The summed E-state index contributed by atoms with van der Waals surface area (Å²) >= 11 is 0. The van der Waals surface area contributed by atoms with Crippen molar-refractivity contribution in [3.8, 4) is 16.9 Å². The zero-order valence-electron chi connectivity index (χ0n) is 15.2. The minimum absolute atomic E-state index is 0.0673. The highest BCUT2D eigenvalue weighted by molar-refractivity contribution is 5.64. The molecule has 1 N–H and O–H groups in total. The van der Waals surface area contributed by atoms with Crippen molar-refractivity contribution < 1.29 is 9.66 Å². The van der Waals surface area contributed by atoms with Crippen molar-refractivity contribution >= 4 is 5.69 Å². The van der Waals surface area contributed by atoms with Crippen LogP contribution in [-0.4, -0.2) is 34.5 Å². The highest BCUT2D eigenvalue weighted by atomic mass is 16.6. The Bertz CT molecular complexity index is 876. The van der Waals surface area contributed by atoms with Crippen LogP contribution in [0.4, 0.5) is 5.69 Å². The minimum atomic E-state index is -0.400. The van der Waals surface area contributed by atoms with Gasteiger partial charge in [-0.3, -0.25) is 10.1 Å². The number of ether oxygens (including phenoxy) is 1. The van der Waals surface area contributed by atoms with Crippen LogP contribution in [0.25, 0.3) is 16.9 Å². The Morgan fingerprint density at radius 1 is 1.15 bits per heavy atom. The van der Waals surface area contributed by atoms with Gasteiger partial charge in [-0.1, -0.05) is 18.2 Å². The average Bonchev–Trinajstić information content (AvgIpc) is 3.13. The topological polar surface area (TPSA) is 82.2 Å². The van der Waals surface area contributed by atoms with E-state index in [4.69, 9.17) is 9.84 Å². The van der Waals surface area contributed by atoms with Gasteiger partial charge in [0.1, 0.15) is 0 Å². The number of non-ortho nitro benzene ring substituents is 1. The maximum atomic E-state index is 10.9. The first-order valence-electron chi connectivity index (χ1n) is 8.86. The number of nitrogens with zero attached hydrogens (tertiary/aromatic N) is 3. The number of nitro groups is 1. The van der Waals surface area contributed by atoms with E-state index in [0.717, 1.165) is 29.1 Å². The molecule has 7 nitrogen and oxygen atoms in total. The molecule has 140 valence electrons. The molecular formula is C20H22N4O3. The maximum Gasteiger partial charge on any atom is 0.269 e. The summed E-state index contributed by atoms with van der Waals surface area (Å²) in [5.41, 5.74) is 3.69. The van der Waals surface area contributed by atoms with Crippen molar-refractivity contribution in [2.24, 2.45) is 0 Å². The Balaban J connectivity index is 1.87. The van der Waals surface area contributed by atoms with Gasteiger partial charge in [0, 0.05) is 49.2 Å². The van der Waals surface area contributed by atoms with Crippen LogP contribution in [0.5, 0.6) is 0 Å². The van der Waals surface area contributed by atoms with Crippen molar-refractivity contribution in [1.29, 1.82) is 0 Å². The molecule has 1 heterocycles. The Hall–Kier alpha value is -3.03. The molecular weight excluding hydrogens is 344 g/mol. The van der Waals surface area contributed by atoms with Crippen LogP contribution in [-0.2, 0) is 11.3 Å². The number of nitro benzene ring substituents is 1. The lowest BCUT2D eigenvalue weighted by molar-refractivity contribution is -0.384. The molecule has 0 saturated heterocycles. The molecule has 0 amide bonds. The number of aromatic nitrogens is 2. The molecule has 2 aromatic carbocycles.